The van der Waals surface area contributed by atoms with Crippen LogP contribution in [0.15, 0.2) is 29.7 Å². The third-order valence-corrected chi connectivity index (χ3v) is 5.56. The van der Waals surface area contributed by atoms with Gasteiger partial charge < -0.3 is 4.74 Å². The largest absolute Gasteiger partial charge is 0.474 e. The normalized spacial score (nSPS) is 18.3. The molecular weight excluding hydrogens is 332 g/mol. The van der Waals surface area contributed by atoms with Crippen molar-refractivity contribution in [3.05, 3.63) is 41.3 Å². The van der Waals surface area contributed by atoms with Gasteiger partial charge in [-0.3, -0.25) is 4.90 Å². The number of thioether (sulfide) groups is 1. The molecule has 4 rings (SSSR count). The van der Waals surface area contributed by atoms with Gasteiger partial charge in [-0.05, 0) is 38.0 Å². The fourth-order valence-electron chi connectivity index (χ4n) is 3.65. The van der Waals surface area contributed by atoms with Gasteiger partial charge in [-0.25, -0.2) is 15.0 Å². The first kappa shape index (κ1) is 16.8. The van der Waals surface area contributed by atoms with Crippen molar-refractivity contribution in [1.82, 2.24) is 19.9 Å². The molecule has 6 heteroatoms. The highest BCUT2D eigenvalue weighted by Crippen LogP contribution is 2.27. The van der Waals surface area contributed by atoms with Gasteiger partial charge in [0.25, 0.3) is 0 Å². The van der Waals surface area contributed by atoms with Crippen molar-refractivity contribution in [2.24, 2.45) is 0 Å². The smallest absolute Gasteiger partial charge is 0.218 e. The maximum atomic E-state index is 6.18. The standard InChI is InChI=1S/C19H24N4OS/c1-25-19-21-11-15-13-23(10-8-17(15)22-19)12-14-5-4-9-20-18(14)24-16-6-2-3-7-16/h4-5,9,11,16H,2-3,6-8,10,12-13H2,1H3. The Bertz CT molecular complexity index is 733. The number of pyridine rings is 1. The molecule has 0 aromatic carbocycles. The molecule has 2 aromatic rings. The first-order valence-electron chi connectivity index (χ1n) is 9.03. The van der Waals surface area contributed by atoms with E-state index in [0.29, 0.717) is 6.10 Å². The molecule has 1 aliphatic heterocycles. The van der Waals surface area contributed by atoms with E-state index in [1.165, 1.54) is 29.7 Å². The molecule has 1 aliphatic carbocycles. The summed E-state index contributed by atoms with van der Waals surface area (Å²) in [7, 11) is 0. The molecule has 1 saturated carbocycles. The van der Waals surface area contributed by atoms with Crippen molar-refractivity contribution >= 4 is 11.8 Å². The van der Waals surface area contributed by atoms with Crippen molar-refractivity contribution in [2.75, 3.05) is 12.8 Å². The Kier molecular flexibility index (Phi) is 5.17. The Hall–Kier alpha value is -1.66. The minimum absolute atomic E-state index is 0.342. The van der Waals surface area contributed by atoms with E-state index in [4.69, 9.17) is 4.74 Å². The van der Waals surface area contributed by atoms with E-state index in [9.17, 15) is 0 Å². The van der Waals surface area contributed by atoms with Gasteiger partial charge in [-0.1, -0.05) is 17.8 Å². The highest BCUT2D eigenvalue weighted by Gasteiger charge is 2.22. The van der Waals surface area contributed by atoms with Gasteiger partial charge in [-0.2, -0.15) is 0 Å². The summed E-state index contributed by atoms with van der Waals surface area (Å²) in [6, 6.07) is 4.14. The van der Waals surface area contributed by atoms with E-state index in [0.717, 1.165) is 49.9 Å². The molecule has 0 saturated heterocycles. The summed E-state index contributed by atoms with van der Waals surface area (Å²) < 4.78 is 6.18. The van der Waals surface area contributed by atoms with Crippen LogP contribution in [-0.4, -0.2) is 38.8 Å². The number of aromatic nitrogens is 3. The fourth-order valence-corrected chi connectivity index (χ4v) is 4.00. The lowest BCUT2D eigenvalue weighted by molar-refractivity contribution is 0.190. The molecule has 2 aromatic heterocycles. The number of nitrogens with zero attached hydrogens (tertiary/aromatic N) is 4. The van der Waals surface area contributed by atoms with Crippen LogP contribution in [0, 0.1) is 0 Å². The van der Waals surface area contributed by atoms with E-state index in [-0.39, 0.29) is 0 Å². The SMILES string of the molecule is CSc1ncc2c(n1)CCN(Cc1cccnc1OC1CCCC1)C2. The molecule has 3 heterocycles. The number of rotatable bonds is 5. The van der Waals surface area contributed by atoms with Crippen LogP contribution in [0.25, 0.3) is 0 Å². The lowest BCUT2D eigenvalue weighted by Gasteiger charge is -2.28. The first-order valence-corrected chi connectivity index (χ1v) is 10.3. The Morgan fingerprint density at radius 2 is 2.16 bits per heavy atom. The molecule has 0 radical (unpaired) electrons. The van der Waals surface area contributed by atoms with Crippen LogP contribution >= 0.6 is 11.8 Å². The molecular formula is C19H24N4OS. The van der Waals surface area contributed by atoms with Gasteiger partial charge in [0, 0.05) is 49.6 Å². The van der Waals surface area contributed by atoms with Crippen LogP contribution in [0.4, 0.5) is 0 Å². The molecule has 0 bridgehead atoms. The van der Waals surface area contributed by atoms with E-state index in [1.54, 1.807) is 11.8 Å². The summed E-state index contributed by atoms with van der Waals surface area (Å²) in [6.07, 6.45) is 12.0. The van der Waals surface area contributed by atoms with Crippen LogP contribution in [0.2, 0.25) is 0 Å². The Balaban J connectivity index is 1.45. The second-order valence-corrected chi connectivity index (χ2v) is 7.55. The van der Waals surface area contributed by atoms with E-state index >= 15 is 0 Å². The zero-order valence-electron chi connectivity index (χ0n) is 14.6. The lowest BCUT2D eigenvalue weighted by Crippen LogP contribution is -2.31. The lowest BCUT2D eigenvalue weighted by atomic mass is 10.1. The fraction of sp³-hybridized carbons (Fsp3) is 0.526. The maximum Gasteiger partial charge on any atom is 0.218 e. The number of fused-ring (bicyclic) bond motifs is 1. The van der Waals surface area contributed by atoms with Gasteiger partial charge >= 0.3 is 0 Å². The molecule has 2 aliphatic rings. The Labute approximate surface area is 153 Å². The summed E-state index contributed by atoms with van der Waals surface area (Å²) in [5.74, 6) is 0.814. The molecule has 0 spiro atoms. The zero-order valence-corrected chi connectivity index (χ0v) is 15.5. The highest BCUT2D eigenvalue weighted by atomic mass is 32.2. The summed E-state index contributed by atoms with van der Waals surface area (Å²) in [4.78, 5) is 16.0. The van der Waals surface area contributed by atoms with Crippen molar-refractivity contribution in [3.8, 4) is 5.88 Å². The topological polar surface area (TPSA) is 51.1 Å². The summed E-state index contributed by atoms with van der Waals surface area (Å²) in [5.41, 5.74) is 3.62. The van der Waals surface area contributed by atoms with Gasteiger partial charge in [0.15, 0.2) is 5.16 Å². The summed E-state index contributed by atoms with van der Waals surface area (Å²) in [6.45, 7) is 2.76. The van der Waals surface area contributed by atoms with E-state index in [1.807, 2.05) is 24.7 Å². The third kappa shape index (κ3) is 3.96. The van der Waals surface area contributed by atoms with Crippen LogP contribution in [0.3, 0.4) is 0 Å². The molecule has 0 atom stereocenters. The van der Waals surface area contributed by atoms with Crippen LogP contribution in [0.5, 0.6) is 5.88 Å². The molecule has 0 N–H and O–H groups in total. The van der Waals surface area contributed by atoms with Gasteiger partial charge in [0.1, 0.15) is 6.10 Å². The van der Waals surface area contributed by atoms with Crippen LogP contribution in [-0.2, 0) is 19.5 Å². The number of hydrogen-bond acceptors (Lipinski definition) is 6. The minimum Gasteiger partial charge on any atom is -0.474 e. The van der Waals surface area contributed by atoms with Crippen molar-refractivity contribution in [1.29, 1.82) is 0 Å². The summed E-state index contributed by atoms with van der Waals surface area (Å²) in [5, 5.41) is 0.867. The number of hydrogen-bond donors (Lipinski definition) is 0. The van der Waals surface area contributed by atoms with Gasteiger partial charge in [-0.15, -0.1) is 0 Å². The quantitative estimate of drug-likeness (QED) is 0.604. The zero-order chi connectivity index (χ0) is 17.1. The molecule has 0 unspecified atom stereocenters. The molecule has 5 nitrogen and oxygen atoms in total. The Morgan fingerprint density at radius 1 is 1.28 bits per heavy atom. The summed E-state index contributed by atoms with van der Waals surface area (Å²) >= 11 is 1.60. The van der Waals surface area contributed by atoms with E-state index < -0.39 is 0 Å². The molecule has 132 valence electrons. The van der Waals surface area contributed by atoms with E-state index in [2.05, 4.69) is 25.9 Å². The third-order valence-electron chi connectivity index (χ3n) is 5.00. The minimum atomic E-state index is 0.342. The average molecular weight is 356 g/mol. The number of ether oxygens (including phenoxy) is 1. The molecule has 25 heavy (non-hydrogen) atoms. The van der Waals surface area contributed by atoms with Crippen LogP contribution < -0.4 is 4.74 Å². The molecule has 0 amide bonds. The second kappa shape index (κ2) is 7.70. The average Bonchev–Trinajstić information content (AvgIpc) is 3.16. The Morgan fingerprint density at radius 3 is 3.00 bits per heavy atom. The predicted octanol–water partition coefficient (Wildman–Crippen LogP) is 3.47. The predicted molar refractivity (Wildman–Crippen MR) is 98.8 cm³/mol. The first-order chi connectivity index (χ1) is 12.3. The maximum absolute atomic E-state index is 6.18. The van der Waals surface area contributed by atoms with Gasteiger partial charge in [0.05, 0.1) is 5.69 Å². The van der Waals surface area contributed by atoms with Crippen molar-refractivity contribution < 1.29 is 4.74 Å². The van der Waals surface area contributed by atoms with Crippen molar-refractivity contribution in [3.63, 3.8) is 0 Å². The molecule has 1 fully saturated rings. The van der Waals surface area contributed by atoms with Crippen molar-refractivity contribution in [2.45, 2.75) is 56.5 Å². The second-order valence-electron chi connectivity index (χ2n) is 6.78. The van der Waals surface area contributed by atoms with Crippen LogP contribution in [0.1, 0.15) is 42.5 Å². The van der Waals surface area contributed by atoms with Gasteiger partial charge in [0.2, 0.25) is 5.88 Å². The monoisotopic (exact) mass is 356 g/mol. The highest BCUT2D eigenvalue weighted by molar-refractivity contribution is 7.98.